The van der Waals surface area contributed by atoms with Crippen molar-refractivity contribution in [1.82, 2.24) is 10.3 Å². The highest BCUT2D eigenvalue weighted by Gasteiger charge is 2.13. The topological polar surface area (TPSA) is 37.0 Å². The number of pyridine rings is 1. The van der Waals surface area contributed by atoms with Crippen molar-refractivity contribution in [1.29, 1.82) is 0 Å². The number of hydrogen-bond donors (Lipinski definition) is 2. The summed E-state index contributed by atoms with van der Waals surface area (Å²) in [6.07, 6.45) is 5.60. The molecule has 0 unspecified atom stereocenters. The minimum atomic E-state index is 0.676. The molecule has 0 amide bonds. The Morgan fingerprint density at radius 3 is 3.16 bits per heavy atom. The summed E-state index contributed by atoms with van der Waals surface area (Å²) in [4.78, 5) is 4.35. The Morgan fingerprint density at radius 2 is 2.32 bits per heavy atom. The molecular weight excluding hydrogens is 258 g/mol. The number of aromatic nitrogens is 1. The molecule has 0 saturated carbocycles. The molecule has 1 atom stereocenters. The monoisotopic (exact) mass is 275 g/mol. The normalized spacial score (nSPS) is 18.9. The number of hydrogen-bond acceptors (Lipinski definition) is 3. The van der Waals surface area contributed by atoms with Crippen molar-refractivity contribution in [2.45, 2.75) is 25.3 Å². The molecule has 1 aliphatic heterocycles. The number of anilines is 1. The van der Waals surface area contributed by atoms with E-state index in [9.17, 15) is 0 Å². The molecule has 1 aromatic heterocycles. The average Bonchev–Trinajstić information content (AvgIpc) is 2.92. The maximum absolute atomic E-state index is 5.99. The highest BCUT2D eigenvalue weighted by molar-refractivity contribution is 6.31. The van der Waals surface area contributed by atoms with Crippen LogP contribution in [0.3, 0.4) is 0 Å². The van der Waals surface area contributed by atoms with Crippen LogP contribution >= 0.6 is 11.6 Å². The Balaban J connectivity index is 1.70. The standard InChI is InChI=1S/C15H18ClN3/c16-11-3-4-13-14(6-9-19-15(13)10-11)18-8-5-12-2-1-7-17-12/h3-4,6,9-10,12,17H,1-2,5,7-8H2,(H,18,19)/t12-/m0/s1. The van der Waals surface area contributed by atoms with Crippen LogP contribution in [-0.4, -0.2) is 24.1 Å². The van der Waals surface area contributed by atoms with E-state index in [0.717, 1.165) is 34.6 Å². The van der Waals surface area contributed by atoms with E-state index in [1.807, 2.05) is 30.5 Å². The number of nitrogens with zero attached hydrogens (tertiary/aromatic N) is 1. The first-order chi connectivity index (χ1) is 9.33. The fourth-order valence-corrected chi connectivity index (χ4v) is 2.83. The second-order valence-electron chi connectivity index (χ2n) is 5.03. The van der Waals surface area contributed by atoms with Crippen molar-refractivity contribution in [3.05, 3.63) is 35.5 Å². The van der Waals surface area contributed by atoms with E-state index in [-0.39, 0.29) is 0 Å². The highest BCUT2D eigenvalue weighted by Crippen LogP contribution is 2.24. The van der Waals surface area contributed by atoms with E-state index in [2.05, 4.69) is 15.6 Å². The minimum Gasteiger partial charge on any atom is -0.384 e. The first-order valence-corrected chi connectivity index (χ1v) is 7.22. The third-order valence-corrected chi connectivity index (χ3v) is 3.91. The van der Waals surface area contributed by atoms with E-state index in [4.69, 9.17) is 11.6 Å². The summed E-state index contributed by atoms with van der Waals surface area (Å²) in [6.45, 7) is 2.15. The quantitative estimate of drug-likeness (QED) is 0.897. The maximum atomic E-state index is 5.99. The molecule has 2 N–H and O–H groups in total. The van der Waals surface area contributed by atoms with Crippen LogP contribution in [0.25, 0.3) is 10.9 Å². The maximum Gasteiger partial charge on any atom is 0.0737 e. The van der Waals surface area contributed by atoms with Gasteiger partial charge in [0, 0.05) is 34.9 Å². The molecule has 0 bridgehead atoms. The van der Waals surface area contributed by atoms with Gasteiger partial charge >= 0.3 is 0 Å². The van der Waals surface area contributed by atoms with Gasteiger partial charge in [0.25, 0.3) is 0 Å². The van der Waals surface area contributed by atoms with Crippen molar-refractivity contribution in [3.63, 3.8) is 0 Å². The fourth-order valence-electron chi connectivity index (χ4n) is 2.66. The smallest absolute Gasteiger partial charge is 0.0737 e. The summed E-state index contributed by atoms with van der Waals surface area (Å²) >= 11 is 5.99. The van der Waals surface area contributed by atoms with Gasteiger partial charge in [-0.2, -0.15) is 0 Å². The van der Waals surface area contributed by atoms with Gasteiger partial charge in [0.2, 0.25) is 0 Å². The zero-order valence-electron chi connectivity index (χ0n) is 10.8. The lowest BCUT2D eigenvalue weighted by Crippen LogP contribution is -2.24. The fraction of sp³-hybridized carbons (Fsp3) is 0.400. The molecule has 0 spiro atoms. The van der Waals surface area contributed by atoms with Gasteiger partial charge in [-0.1, -0.05) is 11.6 Å². The van der Waals surface area contributed by atoms with Crippen LogP contribution < -0.4 is 10.6 Å². The van der Waals surface area contributed by atoms with E-state index < -0.39 is 0 Å². The average molecular weight is 276 g/mol. The molecule has 4 heteroatoms. The Labute approximate surface area is 118 Å². The van der Waals surface area contributed by atoms with Crippen molar-refractivity contribution < 1.29 is 0 Å². The molecule has 1 aliphatic rings. The largest absolute Gasteiger partial charge is 0.384 e. The number of rotatable bonds is 4. The minimum absolute atomic E-state index is 0.676. The predicted octanol–water partition coefficient (Wildman–Crippen LogP) is 3.44. The highest BCUT2D eigenvalue weighted by atomic mass is 35.5. The Morgan fingerprint density at radius 1 is 1.37 bits per heavy atom. The molecule has 1 aromatic carbocycles. The van der Waals surface area contributed by atoms with Gasteiger partial charge in [-0.3, -0.25) is 4.98 Å². The van der Waals surface area contributed by atoms with Crippen molar-refractivity contribution in [2.24, 2.45) is 0 Å². The van der Waals surface area contributed by atoms with Crippen molar-refractivity contribution in [2.75, 3.05) is 18.4 Å². The molecule has 1 saturated heterocycles. The Kier molecular flexibility index (Phi) is 3.85. The zero-order chi connectivity index (χ0) is 13.1. The summed E-state index contributed by atoms with van der Waals surface area (Å²) in [5.41, 5.74) is 2.08. The van der Waals surface area contributed by atoms with Crippen LogP contribution in [0, 0.1) is 0 Å². The lowest BCUT2D eigenvalue weighted by atomic mass is 10.1. The van der Waals surface area contributed by atoms with E-state index in [1.165, 1.54) is 19.4 Å². The lowest BCUT2D eigenvalue weighted by Gasteiger charge is -2.13. The van der Waals surface area contributed by atoms with Crippen LogP contribution in [0.15, 0.2) is 30.5 Å². The number of fused-ring (bicyclic) bond motifs is 1. The Bertz CT molecular complexity index is 564. The third-order valence-electron chi connectivity index (χ3n) is 3.68. The van der Waals surface area contributed by atoms with Gasteiger partial charge in [-0.05, 0) is 50.1 Å². The summed E-state index contributed by atoms with van der Waals surface area (Å²) in [7, 11) is 0. The predicted molar refractivity (Wildman–Crippen MR) is 80.9 cm³/mol. The molecule has 0 radical (unpaired) electrons. The third kappa shape index (κ3) is 2.99. The SMILES string of the molecule is Clc1ccc2c(NCC[C@@H]3CCCN3)ccnc2c1. The van der Waals surface area contributed by atoms with Crippen molar-refractivity contribution in [3.8, 4) is 0 Å². The molecule has 3 rings (SSSR count). The van der Waals surface area contributed by atoms with Gasteiger partial charge in [-0.15, -0.1) is 0 Å². The zero-order valence-corrected chi connectivity index (χ0v) is 11.6. The number of benzene rings is 1. The molecule has 3 nitrogen and oxygen atoms in total. The second-order valence-corrected chi connectivity index (χ2v) is 5.47. The Hall–Kier alpha value is -1.32. The van der Waals surface area contributed by atoms with Gasteiger partial charge < -0.3 is 10.6 Å². The van der Waals surface area contributed by atoms with Gasteiger partial charge in [0.05, 0.1) is 5.52 Å². The van der Waals surface area contributed by atoms with Crippen LogP contribution in [0.4, 0.5) is 5.69 Å². The number of nitrogens with one attached hydrogen (secondary N) is 2. The molecule has 0 aliphatic carbocycles. The summed E-state index contributed by atoms with van der Waals surface area (Å²) in [6, 6.07) is 8.55. The molecule has 1 fully saturated rings. The van der Waals surface area contributed by atoms with Crippen molar-refractivity contribution >= 4 is 28.2 Å². The van der Waals surface area contributed by atoms with Gasteiger partial charge in [0.15, 0.2) is 0 Å². The first-order valence-electron chi connectivity index (χ1n) is 6.84. The van der Waals surface area contributed by atoms with E-state index in [1.54, 1.807) is 0 Å². The van der Waals surface area contributed by atoms with E-state index >= 15 is 0 Å². The summed E-state index contributed by atoms with van der Waals surface area (Å²) < 4.78 is 0. The van der Waals surface area contributed by atoms with Crippen LogP contribution in [0.1, 0.15) is 19.3 Å². The molecule has 19 heavy (non-hydrogen) atoms. The lowest BCUT2D eigenvalue weighted by molar-refractivity contribution is 0.574. The van der Waals surface area contributed by atoms with Crippen LogP contribution in [0.2, 0.25) is 5.02 Å². The molecular formula is C15H18ClN3. The first kappa shape index (κ1) is 12.7. The molecule has 2 heterocycles. The van der Waals surface area contributed by atoms with Gasteiger partial charge in [-0.25, -0.2) is 0 Å². The van der Waals surface area contributed by atoms with Gasteiger partial charge in [0.1, 0.15) is 0 Å². The second kappa shape index (κ2) is 5.76. The summed E-state index contributed by atoms with van der Waals surface area (Å²) in [5, 5.41) is 8.89. The number of halogens is 1. The molecule has 2 aromatic rings. The molecule has 100 valence electrons. The van der Waals surface area contributed by atoms with Crippen LogP contribution in [0.5, 0.6) is 0 Å². The summed E-state index contributed by atoms with van der Waals surface area (Å²) in [5.74, 6) is 0. The van der Waals surface area contributed by atoms with E-state index in [0.29, 0.717) is 6.04 Å². The van der Waals surface area contributed by atoms with Crippen LogP contribution in [-0.2, 0) is 0 Å².